The fraction of sp³-hybridized carbons (Fsp3) is 0.583. The molecule has 0 radical (unpaired) electrons. The molecule has 1 unspecified atom stereocenters. The van der Waals surface area contributed by atoms with Gasteiger partial charge in [-0.2, -0.15) is 0 Å². The molecule has 0 spiro atoms. The Morgan fingerprint density at radius 2 is 2.18 bits per heavy atom. The van der Waals surface area contributed by atoms with Crippen molar-refractivity contribution < 1.29 is 9.53 Å². The highest BCUT2D eigenvalue weighted by Gasteiger charge is 2.14. The van der Waals surface area contributed by atoms with Gasteiger partial charge in [0.05, 0.1) is 6.61 Å². The maximum absolute atomic E-state index is 11.5. The minimum absolute atomic E-state index is 0.132. The first-order chi connectivity index (χ1) is 8.04. The second-order valence-electron chi connectivity index (χ2n) is 4.01. The second kappa shape index (κ2) is 6.59. The van der Waals surface area contributed by atoms with Crippen LogP contribution in [0.4, 0.5) is 0 Å². The fourth-order valence-electron chi connectivity index (χ4n) is 1.03. The van der Waals surface area contributed by atoms with Crippen LogP contribution in [0, 0.1) is 5.92 Å². The van der Waals surface area contributed by atoms with Crippen molar-refractivity contribution >= 4 is 17.7 Å². The number of carbonyl (C=O) groups is 1. The molecule has 0 N–H and O–H groups in total. The minimum atomic E-state index is -0.466. The third kappa shape index (κ3) is 4.34. The van der Waals surface area contributed by atoms with E-state index >= 15 is 0 Å². The Bertz CT molecular complexity index is 383. The molecule has 1 aromatic rings. The first kappa shape index (κ1) is 14.0. The number of ether oxygens (including phenoxy) is 1. The van der Waals surface area contributed by atoms with Crippen molar-refractivity contribution in [3.63, 3.8) is 0 Å². The summed E-state index contributed by atoms with van der Waals surface area (Å²) in [7, 11) is 0. The Hall–Kier alpha value is -1.10. The van der Waals surface area contributed by atoms with Crippen LogP contribution in [0.5, 0.6) is 0 Å². The first-order valence-electron chi connectivity index (χ1n) is 5.71. The van der Waals surface area contributed by atoms with Crippen molar-refractivity contribution in [2.24, 2.45) is 5.92 Å². The quantitative estimate of drug-likeness (QED) is 0.459. The van der Waals surface area contributed by atoms with Crippen LogP contribution in [-0.4, -0.2) is 27.8 Å². The molecule has 1 heterocycles. The topological polar surface area (TPSA) is 52.1 Å². The van der Waals surface area contributed by atoms with Crippen LogP contribution < -0.4 is 0 Å². The molecule has 1 aromatic heterocycles. The molecule has 0 aliphatic carbocycles. The molecular formula is C12H18N2O2S. The summed E-state index contributed by atoms with van der Waals surface area (Å²) in [6.45, 7) is 8.55. The molecule has 4 nitrogen and oxygen atoms in total. The standard InChI is InChI=1S/C12H18N2O2S/c1-5-16-12(15)11-13-7-6-10(14-11)17-9(4)8(2)3/h6-9H,5H2,1-4H3. The summed E-state index contributed by atoms with van der Waals surface area (Å²) < 4.78 is 4.86. The summed E-state index contributed by atoms with van der Waals surface area (Å²) in [5.74, 6) is 0.223. The van der Waals surface area contributed by atoms with Gasteiger partial charge in [0, 0.05) is 11.4 Å². The molecule has 0 saturated carbocycles. The van der Waals surface area contributed by atoms with Gasteiger partial charge in [0.2, 0.25) is 5.82 Å². The number of nitrogens with zero attached hydrogens (tertiary/aromatic N) is 2. The SMILES string of the molecule is CCOC(=O)c1nccc(SC(C)C(C)C)n1. The van der Waals surface area contributed by atoms with E-state index in [2.05, 4.69) is 30.7 Å². The van der Waals surface area contributed by atoms with E-state index in [0.717, 1.165) is 5.03 Å². The van der Waals surface area contributed by atoms with Crippen molar-refractivity contribution in [3.8, 4) is 0 Å². The van der Waals surface area contributed by atoms with Crippen LogP contribution in [0.3, 0.4) is 0 Å². The average Bonchev–Trinajstić information content (AvgIpc) is 2.29. The van der Waals surface area contributed by atoms with Gasteiger partial charge in [0.1, 0.15) is 5.03 Å². The first-order valence-corrected chi connectivity index (χ1v) is 6.59. The summed E-state index contributed by atoms with van der Waals surface area (Å²) in [5, 5.41) is 1.25. The van der Waals surface area contributed by atoms with Crippen LogP contribution >= 0.6 is 11.8 Å². The van der Waals surface area contributed by atoms with E-state index in [0.29, 0.717) is 17.8 Å². The Morgan fingerprint density at radius 1 is 1.47 bits per heavy atom. The zero-order chi connectivity index (χ0) is 12.8. The van der Waals surface area contributed by atoms with Crippen LogP contribution in [0.25, 0.3) is 0 Å². The maximum atomic E-state index is 11.5. The highest BCUT2D eigenvalue weighted by atomic mass is 32.2. The number of hydrogen-bond acceptors (Lipinski definition) is 5. The number of esters is 1. The molecular weight excluding hydrogens is 236 g/mol. The molecule has 1 rings (SSSR count). The molecule has 5 heteroatoms. The highest BCUT2D eigenvalue weighted by Crippen LogP contribution is 2.25. The van der Waals surface area contributed by atoms with E-state index in [-0.39, 0.29) is 5.82 Å². The van der Waals surface area contributed by atoms with Gasteiger partial charge in [-0.3, -0.25) is 0 Å². The highest BCUT2D eigenvalue weighted by molar-refractivity contribution is 7.99. The van der Waals surface area contributed by atoms with E-state index in [1.54, 1.807) is 24.9 Å². The molecule has 0 saturated heterocycles. The summed E-state index contributed by atoms with van der Waals surface area (Å²) in [6.07, 6.45) is 1.59. The zero-order valence-corrected chi connectivity index (χ0v) is 11.5. The third-order valence-electron chi connectivity index (χ3n) is 2.33. The van der Waals surface area contributed by atoms with Crippen LogP contribution in [0.15, 0.2) is 17.3 Å². The third-order valence-corrected chi connectivity index (χ3v) is 3.72. The summed E-state index contributed by atoms with van der Waals surface area (Å²) in [4.78, 5) is 19.6. The van der Waals surface area contributed by atoms with Gasteiger partial charge in [0.25, 0.3) is 0 Å². The molecule has 1 atom stereocenters. The van der Waals surface area contributed by atoms with Crippen molar-refractivity contribution in [1.29, 1.82) is 0 Å². The largest absolute Gasteiger partial charge is 0.460 e. The number of rotatable bonds is 5. The molecule has 0 fully saturated rings. The van der Waals surface area contributed by atoms with E-state index in [1.165, 1.54) is 0 Å². The lowest BCUT2D eigenvalue weighted by molar-refractivity contribution is 0.0511. The van der Waals surface area contributed by atoms with Crippen LogP contribution in [0.1, 0.15) is 38.3 Å². The van der Waals surface area contributed by atoms with E-state index < -0.39 is 5.97 Å². The molecule has 0 bridgehead atoms. The Balaban J connectivity index is 2.75. The molecule has 17 heavy (non-hydrogen) atoms. The molecule has 94 valence electrons. The normalized spacial score (nSPS) is 12.5. The van der Waals surface area contributed by atoms with Gasteiger partial charge in [-0.25, -0.2) is 14.8 Å². The summed E-state index contributed by atoms with van der Waals surface area (Å²) in [5.41, 5.74) is 0. The lowest BCUT2D eigenvalue weighted by Gasteiger charge is -2.14. The molecule has 0 aromatic carbocycles. The molecule has 0 aliphatic rings. The number of hydrogen-bond donors (Lipinski definition) is 0. The van der Waals surface area contributed by atoms with Crippen LogP contribution in [0.2, 0.25) is 0 Å². The Labute approximate surface area is 106 Å². The number of carbonyl (C=O) groups excluding carboxylic acids is 1. The van der Waals surface area contributed by atoms with E-state index in [4.69, 9.17) is 4.74 Å². The van der Waals surface area contributed by atoms with Gasteiger partial charge in [0.15, 0.2) is 0 Å². The Morgan fingerprint density at radius 3 is 2.76 bits per heavy atom. The maximum Gasteiger partial charge on any atom is 0.376 e. The molecule has 0 amide bonds. The molecule has 0 aliphatic heterocycles. The van der Waals surface area contributed by atoms with Gasteiger partial charge in [-0.15, -0.1) is 11.8 Å². The van der Waals surface area contributed by atoms with Gasteiger partial charge >= 0.3 is 5.97 Å². The van der Waals surface area contributed by atoms with Crippen molar-refractivity contribution in [1.82, 2.24) is 9.97 Å². The van der Waals surface area contributed by atoms with Crippen molar-refractivity contribution in [2.45, 2.75) is 38.0 Å². The predicted octanol–water partition coefficient (Wildman–Crippen LogP) is 2.79. The van der Waals surface area contributed by atoms with Gasteiger partial charge in [-0.1, -0.05) is 20.8 Å². The second-order valence-corrected chi connectivity index (χ2v) is 5.40. The van der Waals surface area contributed by atoms with Crippen molar-refractivity contribution in [3.05, 3.63) is 18.1 Å². The fourth-order valence-corrected chi connectivity index (χ4v) is 1.96. The van der Waals surface area contributed by atoms with E-state index in [9.17, 15) is 4.79 Å². The number of aromatic nitrogens is 2. The summed E-state index contributed by atoms with van der Waals surface area (Å²) in [6, 6.07) is 1.81. The monoisotopic (exact) mass is 254 g/mol. The summed E-state index contributed by atoms with van der Waals surface area (Å²) >= 11 is 1.64. The van der Waals surface area contributed by atoms with Crippen LogP contribution in [-0.2, 0) is 4.74 Å². The lowest BCUT2D eigenvalue weighted by Crippen LogP contribution is -2.11. The lowest BCUT2D eigenvalue weighted by atomic mass is 10.2. The zero-order valence-electron chi connectivity index (χ0n) is 10.6. The van der Waals surface area contributed by atoms with Crippen molar-refractivity contribution in [2.75, 3.05) is 6.61 Å². The number of thioether (sulfide) groups is 1. The van der Waals surface area contributed by atoms with Gasteiger partial charge < -0.3 is 4.74 Å². The average molecular weight is 254 g/mol. The van der Waals surface area contributed by atoms with E-state index in [1.807, 2.05) is 6.07 Å². The Kier molecular flexibility index (Phi) is 5.41. The smallest absolute Gasteiger partial charge is 0.376 e. The van der Waals surface area contributed by atoms with Gasteiger partial charge in [-0.05, 0) is 18.9 Å². The predicted molar refractivity (Wildman–Crippen MR) is 68.1 cm³/mol. The minimum Gasteiger partial charge on any atom is -0.460 e.